The predicted molar refractivity (Wildman–Crippen MR) is 79.2 cm³/mol. The Balaban J connectivity index is 2.49. The molecule has 0 atom stereocenters. The molecule has 0 amide bonds. The number of carboxylic acid groups (broad SMARTS) is 1. The second kappa shape index (κ2) is 5.84. The summed E-state index contributed by atoms with van der Waals surface area (Å²) < 4.78 is 27.2. The summed E-state index contributed by atoms with van der Waals surface area (Å²) in [6.07, 6.45) is 0. The van der Waals surface area contributed by atoms with E-state index in [0.717, 1.165) is 11.3 Å². The minimum Gasteiger partial charge on any atom is -0.477 e. The summed E-state index contributed by atoms with van der Waals surface area (Å²) in [4.78, 5) is 10.7. The van der Waals surface area contributed by atoms with Crippen molar-refractivity contribution in [3.8, 4) is 0 Å². The van der Waals surface area contributed by atoms with Gasteiger partial charge in [0.1, 0.15) is 9.77 Å². The molecule has 6 nitrogen and oxygen atoms in total. The van der Waals surface area contributed by atoms with Crippen molar-refractivity contribution in [1.82, 2.24) is 0 Å². The largest absolute Gasteiger partial charge is 0.477 e. The van der Waals surface area contributed by atoms with E-state index < -0.39 is 16.0 Å². The van der Waals surface area contributed by atoms with E-state index in [0.29, 0.717) is 11.1 Å². The molecule has 0 aliphatic heterocycles. The van der Waals surface area contributed by atoms with Crippen molar-refractivity contribution in [2.24, 2.45) is 0 Å². The van der Waals surface area contributed by atoms with Crippen LogP contribution < -0.4 is 4.72 Å². The van der Waals surface area contributed by atoms with Crippen LogP contribution in [0.15, 0.2) is 34.5 Å². The van der Waals surface area contributed by atoms with Crippen molar-refractivity contribution in [3.05, 3.63) is 45.6 Å². The highest BCUT2D eigenvalue weighted by Gasteiger charge is 2.27. The van der Waals surface area contributed by atoms with Crippen LogP contribution >= 0.6 is 11.3 Å². The standard InChI is InChI=1S/C13H13NO5S2/c1-8-7-20-11(13(16)17)12(8)21(18,19)14-10-5-3-2-4-9(10)6-15/h2-5,7,14-15H,6H2,1H3,(H,16,17). The van der Waals surface area contributed by atoms with Gasteiger partial charge < -0.3 is 10.2 Å². The fourth-order valence-corrected chi connectivity index (χ4v) is 4.60. The van der Waals surface area contributed by atoms with E-state index in [4.69, 9.17) is 5.11 Å². The van der Waals surface area contributed by atoms with Crippen LogP contribution in [0.3, 0.4) is 0 Å². The van der Waals surface area contributed by atoms with Crippen LogP contribution in [0.4, 0.5) is 5.69 Å². The average Bonchev–Trinajstić information content (AvgIpc) is 2.82. The van der Waals surface area contributed by atoms with Gasteiger partial charge in [0.15, 0.2) is 0 Å². The molecule has 0 unspecified atom stereocenters. The van der Waals surface area contributed by atoms with Crippen LogP contribution in [0.25, 0.3) is 0 Å². The third kappa shape index (κ3) is 3.07. The van der Waals surface area contributed by atoms with Crippen LogP contribution in [-0.4, -0.2) is 24.6 Å². The van der Waals surface area contributed by atoms with Crippen LogP contribution in [0.5, 0.6) is 0 Å². The summed E-state index contributed by atoms with van der Waals surface area (Å²) in [5.41, 5.74) is 0.999. The maximum absolute atomic E-state index is 12.4. The van der Waals surface area contributed by atoms with Gasteiger partial charge in [0.05, 0.1) is 12.3 Å². The zero-order chi connectivity index (χ0) is 15.6. The highest BCUT2D eigenvalue weighted by atomic mass is 32.2. The van der Waals surface area contributed by atoms with Crippen LogP contribution in [0, 0.1) is 6.92 Å². The maximum atomic E-state index is 12.4. The average molecular weight is 327 g/mol. The van der Waals surface area contributed by atoms with Crippen molar-refractivity contribution >= 4 is 33.0 Å². The van der Waals surface area contributed by atoms with Crippen molar-refractivity contribution in [2.45, 2.75) is 18.4 Å². The molecule has 0 radical (unpaired) electrons. The number of carbonyl (C=O) groups is 1. The molecule has 1 heterocycles. The van der Waals surface area contributed by atoms with Gasteiger partial charge in [-0.1, -0.05) is 18.2 Å². The number of carboxylic acids is 1. The Hall–Kier alpha value is -1.90. The fourth-order valence-electron chi connectivity index (χ4n) is 1.87. The molecule has 2 aromatic rings. The molecule has 112 valence electrons. The summed E-state index contributed by atoms with van der Waals surface area (Å²) in [5.74, 6) is -1.29. The zero-order valence-electron chi connectivity index (χ0n) is 11.0. The number of aliphatic hydroxyl groups excluding tert-OH is 1. The van der Waals surface area contributed by atoms with Gasteiger partial charge in [0, 0.05) is 5.56 Å². The predicted octanol–water partition coefficient (Wildman–Crippen LogP) is 2.05. The molecular formula is C13H13NO5S2. The van der Waals surface area contributed by atoms with Gasteiger partial charge >= 0.3 is 5.97 Å². The molecule has 0 fully saturated rings. The number of aliphatic hydroxyl groups is 1. The Morgan fingerprint density at radius 1 is 1.33 bits per heavy atom. The molecule has 0 saturated carbocycles. The van der Waals surface area contributed by atoms with E-state index in [9.17, 15) is 18.3 Å². The summed E-state index contributed by atoms with van der Waals surface area (Å²) >= 11 is 0.864. The Bertz CT molecular complexity index is 780. The SMILES string of the molecule is Cc1csc(C(=O)O)c1S(=O)(=O)Nc1ccccc1CO. The molecule has 0 bridgehead atoms. The summed E-state index contributed by atoms with van der Waals surface area (Å²) in [6, 6.07) is 6.37. The molecular weight excluding hydrogens is 314 g/mol. The fraction of sp³-hybridized carbons (Fsp3) is 0.154. The summed E-state index contributed by atoms with van der Waals surface area (Å²) in [5, 5.41) is 19.8. The molecule has 1 aromatic heterocycles. The molecule has 2 rings (SSSR count). The normalized spacial score (nSPS) is 11.3. The van der Waals surface area contributed by atoms with E-state index in [1.165, 1.54) is 18.4 Å². The van der Waals surface area contributed by atoms with Gasteiger partial charge in [-0.2, -0.15) is 0 Å². The van der Waals surface area contributed by atoms with Crippen LogP contribution in [-0.2, 0) is 16.6 Å². The van der Waals surface area contributed by atoms with Crippen molar-refractivity contribution in [2.75, 3.05) is 4.72 Å². The van der Waals surface area contributed by atoms with Crippen molar-refractivity contribution < 1.29 is 23.4 Å². The van der Waals surface area contributed by atoms with E-state index in [1.54, 1.807) is 18.2 Å². The number of anilines is 1. The summed E-state index contributed by atoms with van der Waals surface area (Å²) in [7, 11) is -4.04. The lowest BCUT2D eigenvalue weighted by atomic mass is 10.2. The number of benzene rings is 1. The smallest absolute Gasteiger partial charge is 0.347 e. The monoisotopic (exact) mass is 327 g/mol. The van der Waals surface area contributed by atoms with Gasteiger partial charge in [0.25, 0.3) is 10.0 Å². The molecule has 21 heavy (non-hydrogen) atoms. The number of nitrogens with one attached hydrogen (secondary N) is 1. The quantitative estimate of drug-likeness (QED) is 0.780. The number of thiophene rings is 1. The van der Waals surface area contributed by atoms with E-state index in [2.05, 4.69) is 4.72 Å². The molecule has 0 aliphatic rings. The molecule has 8 heteroatoms. The Morgan fingerprint density at radius 2 is 2.00 bits per heavy atom. The van der Waals surface area contributed by atoms with Gasteiger partial charge in [-0.25, -0.2) is 13.2 Å². The van der Waals surface area contributed by atoms with Gasteiger partial charge in [-0.3, -0.25) is 4.72 Å². The molecule has 0 aliphatic carbocycles. The van der Waals surface area contributed by atoms with Crippen LogP contribution in [0.2, 0.25) is 0 Å². The van der Waals surface area contributed by atoms with Crippen molar-refractivity contribution in [1.29, 1.82) is 0 Å². The minimum atomic E-state index is -4.04. The molecule has 0 saturated heterocycles. The number of aromatic carboxylic acids is 1. The second-order valence-electron chi connectivity index (χ2n) is 4.30. The van der Waals surface area contributed by atoms with E-state index >= 15 is 0 Å². The number of rotatable bonds is 5. The highest BCUT2D eigenvalue weighted by Crippen LogP contribution is 2.29. The lowest BCUT2D eigenvalue weighted by Gasteiger charge is -2.11. The molecule has 1 aromatic carbocycles. The first-order valence-corrected chi connectivity index (χ1v) is 8.26. The van der Waals surface area contributed by atoms with Gasteiger partial charge in [0.2, 0.25) is 0 Å². The number of aryl methyl sites for hydroxylation is 1. The van der Waals surface area contributed by atoms with E-state index in [1.807, 2.05) is 0 Å². The number of hydrogen-bond acceptors (Lipinski definition) is 5. The molecule has 3 N–H and O–H groups in total. The topological polar surface area (TPSA) is 104 Å². The first-order chi connectivity index (χ1) is 9.86. The Morgan fingerprint density at radius 3 is 2.62 bits per heavy atom. The second-order valence-corrected chi connectivity index (χ2v) is 6.80. The molecule has 0 spiro atoms. The van der Waals surface area contributed by atoms with Crippen molar-refractivity contribution in [3.63, 3.8) is 0 Å². The zero-order valence-corrected chi connectivity index (χ0v) is 12.7. The third-order valence-electron chi connectivity index (χ3n) is 2.81. The highest BCUT2D eigenvalue weighted by molar-refractivity contribution is 7.93. The first-order valence-electron chi connectivity index (χ1n) is 5.89. The minimum absolute atomic E-state index is 0.224. The third-order valence-corrected chi connectivity index (χ3v) is 5.58. The number of hydrogen-bond donors (Lipinski definition) is 3. The van der Waals surface area contributed by atoms with Gasteiger partial charge in [-0.05, 0) is 23.9 Å². The lowest BCUT2D eigenvalue weighted by molar-refractivity contribution is 0.0698. The number of para-hydroxylation sites is 1. The van der Waals surface area contributed by atoms with E-state index in [-0.39, 0.29) is 22.1 Å². The van der Waals surface area contributed by atoms with Gasteiger partial charge in [-0.15, -0.1) is 11.3 Å². The van der Waals surface area contributed by atoms with Crippen LogP contribution in [0.1, 0.15) is 20.8 Å². The maximum Gasteiger partial charge on any atom is 0.347 e. The number of sulfonamides is 1. The first kappa shape index (κ1) is 15.5. The summed E-state index contributed by atoms with van der Waals surface area (Å²) in [6.45, 7) is 1.21. The lowest BCUT2D eigenvalue weighted by Crippen LogP contribution is -2.17. The Kier molecular flexibility index (Phi) is 4.31. The Labute approximate surface area is 125 Å².